The highest BCUT2D eigenvalue weighted by molar-refractivity contribution is 7.89. The number of sulfonamides is 1. The number of benzene rings is 1. The molecule has 1 heterocycles. The van der Waals surface area contributed by atoms with E-state index in [2.05, 4.69) is 10.6 Å². The van der Waals surface area contributed by atoms with Gasteiger partial charge in [0.15, 0.2) is 0 Å². The zero-order valence-corrected chi connectivity index (χ0v) is 18.7. The lowest BCUT2D eigenvalue weighted by molar-refractivity contribution is 0.0511. The van der Waals surface area contributed by atoms with Crippen molar-refractivity contribution >= 4 is 28.3 Å². The van der Waals surface area contributed by atoms with Crippen LogP contribution in [0.15, 0.2) is 29.2 Å². The maximum absolute atomic E-state index is 12.5. The van der Waals surface area contributed by atoms with Crippen LogP contribution in [0, 0.1) is 5.41 Å². The fourth-order valence-electron chi connectivity index (χ4n) is 3.23. The summed E-state index contributed by atoms with van der Waals surface area (Å²) in [6, 6.07) is 5.95. The molecule has 0 aromatic heterocycles. The maximum Gasteiger partial charge on any atom is 0.251 e. The number of nitrogens with one attached hydrogen (secondary N) is 2. The summed E-state index contributed by atoms with van der Waals surface area (Å²) in [5, 5.41) is 6.31. The molecule has 1 saturated heterocycles. The van der Waals surface area contributed by atoms with Gasteiger partial charge in [-0.15, -0.1) is 12.4 Å². The van der Waals surface area contributed by atoms with Gasteiger partial charge in [-0.25, -0.2) is 8.42 Å². The molecule has 0 bridgehead atoms. The third-order valence-electron chi connectivity index (χ3n) is 5.26. The van der Waals surface area contributed by atoms with Gasteiger partial charge in [-0.05, 0) is 64.0 Å². The summed E-state index contributed by atoms with van der Waals surface area (Å²) in [7, 11) is -0.319. The van der Waals surface area contributed by atoms with Crippen LogP contribution in [0.2, 0.25) is 0 Å². The van der Waals surface area contributed by atoms with Gasteiger partial charge >= 0.3 is 0 Å². The third-order valence-corrected chi connectivity index (χ3v) is 7.31. The predicted molar refractivity (Wildman–Crippen MR) is 113 cm³/mol. The van der Waals surface area contributed by atoms with E-state index in [1.54, 1.807) is 26.3 Å². The van der Waals surface area contributed by atoms with E-state index < -0.39 is 10.0 Å². The van der Waals surface area contributed by atoms with Crippen molar-refractivity contribution in [3.8, 4) is 0 Å². The van der Waals surface area contributed by atoms with Crippen molar-refractivity contribution < 1.29 is 17.9 Å². The van der Waals surface area contributed by atoms with E-state index in [1.165, 1.54) is 16.4 Å². The van der Waals surface area contributed by atoms with Crippen LogP contribution in [0.5, 0.6) is 0 Å². The Labute approximate surface area is 174 Å². The molecule has 0 aliphatic carbocycles. The summed E-state index contributed by atoms with van der Waals surface area (Å²) in [4.78, 5) is 12.7. The number of ether oxygens (including phenoxy) is 1. The molecule has 2 N–H and O–H groups in total. The Kier molecular flexibility index (Phi) is 9.36. The van der Waals surface area contributed by atoms with Crippen LogP contribution in [0.3, 0.4) is 0 Å². The quantitative estimate of drug-likeness (QED) is 0.653. The smallest absolute Gasteiger partial charge is 0.251 e. The Bertz CT molecular complexity index is 727. The van der Waals surface area contributed by atoms with E-state index in [0.29, 0.717) is 18.7 Å². The standard InChI is InChI=1S/C19H31N3O4S.ClH/c1-15(2)22(3)27(24,25)17-7-5-16(6-8-17)18(23)21-13-19(14-26-4)9-11-20-12-10-19;/h5-8,15,20H,9-14H2,1-4H3,(H,21,23);1H. The second-order valence-electron chi connectivity index (χ2n) is 7.51. The largest absolute Gasteiger partial charge is 0.384 e. The first-order valence-electron chi connectivity index (χ1n) is 9.28. The van der Waals surface area contributed by atoms with Crippen LogP contribution < -0.4 is 10.6 Å². The first-order chi connectivity index (χ1) is 12.7. The van der Waals surface area contributed by atoms with Gasteiger partial charge in [-0.3, -0.25) is 4.79 Å². The van der Waals surface area contributed by atoms with Crippen LogP contribution in [-0.2, 0) is 14.8 Å². The first-order valence-corrected chi connectivity index (χ1v) is 10.7. The summed E-state index contributed by atoms with van der Waals surface area (Å²) >= 11 is 0. The third kappa shape index (κ3) is 5.90. The van der Waals surface area contributed by atoms with Gasteiger partial charge < -0.3 is 15.4 Å². The molecule has 1 aromatic carbocycles. The Morgan fingerprint density at radius 3 is 2.32 bits per heavy atom. The molecular weight excluding hydrogens is 402 g/mol. The van der Waals surface area contributed by atoms with Gasteiger partial charge in [-0.2, -0.15) is 4.31 Å². The molecule has 9 heteroatoms. The van der Waals surface area contributed by atoms with Crippen molar-refractivity contribution in [1.82, 2.24) is 14.9 Å². The molecule has 28 heavy (non-hydrogen) atoms. The summed E-state index contributed by atoms with van der Waals surface area (Å²) in [6.07, 6.45) is 1.89. The van der Waals surface area contributed by atoms with Gasteiger partial charge in [-0.1, -0.05) is 0 Å². The van der Waals surface area contributed by atoms with E-state index in [4.69, 9.17) is 4.74 Å². The fraction of sp³-hybridized carbons (Fsp3) is 0.632. The monoisotopic (exact) mass is 433 g/mol. The molecule has 0 atom stereocenters. The number of halogens is 1. The van der Waals surface area contributed by atoms with Crippen molar-refractivity contribution in [1.29, 1.82) is 0 Å². The van der Waals surface area contributed by atoms with Crippen molar-refractivity contribution in [2.45, 2.75) is 37.6 Å². The first kappa shape index (κ1) is 24.8. The normalized spacial score (nSPS) is 16.6. The number of piperidine rings is 1. The maximum atomic E-state index is 12.5. The topological polar surface area (TPSA) is 87.7 Å². The van der Waals surface area contributed by atoms with Crippen LogP contribution in [0.25, 0.3) is 0 Å². The number of hydrogen-bond acceptors (Lipinski definition) is 5. The van der Waals surface area contributed by atoms with Crippen molar-refractivity contribution in [2.24, 2.45) is 5.41 Å². The van der Waals surface area contributed by atoms with Gasteiger partial charge in [0.1, 0.15) is 0 Å². The molecule has 0 saturated carbocycles. The number of carbonyl (C=O) groups is 1. The summed E-state index contributed by atoms with van der Waals surface area (Å²) in [5.74, 6) is -0.204. The van der Waals surface area contributed by atoms with E-state index in [1.807, 2.05) is 13.8 Å². The summed E-state index contributed by atoms with van der Waals surface area (Å²) < 4.78 is 31.7. The molecule has 1 aliphatic heterocycles. The minimum absolute atomic E-state index is 0. The van der Waals surface area contributed by atoms with Crippen molar-refractivity contribution in [3.05, 3.63) is 29.8 Å². The lowest BCUT2D eigenvalue weighted by Gasteiger charge is -2.37. The van der Waals surface area contributed by atoms with E-state index in [-0.39, 0.29) is 34.7 Å². The molecule has 0 spiro atoms. The highest BCUT2D eigenvalue weighted by Crippen LogP contribution is 2.28. The molecule has 1 amide bonds. The molecule has 1 fully saturated rings. The molecular formula is C19H32ClN3O4S. The van der Waals surface area contributed by atoms with Gasteiger partial charge in [0, 0.05) is 37.7 Å². The van der Waals surface area contributed by atoms with E-state index in [0.717, 1.165) is 25.9 Å². The average Bonchev–Trinajstić information content (AvgIpc) is 2.66. The van der Waals surface area contributed by atoms with Crippen molar-refractivity contribution in [2.75, 3.05) is 40.4 Å². The molecule has 2 rings (SSSR count). The average molecular weight is 434 g/mol. The predicted octanol–water partition coefficient (Wildman–Crippen LogP) is 1.88. The van der Waals surface area contributed by atoms with Crippen LogP contribution in [-0.4, -0.2) is 65.1 Å². The lowest BCUT2D eigenvalue weighted by Crippen LogP contribution is -2.47. The minimum atomic E-state index is -3.55. The van der Waals surface area contributed by atoms with Crippen LogP contribution in [0.1, 0.15) is 37.0 Å². The molecule has 0 unspecified atom stereocenters. The van der Waals surface area contributed by atoms with Crippen LogP contribution >= 0.6 is 12.4 Å². The highest BCUT2D eigenvalue weighted by Gasteiger charge is 2.32. The molecule has 0 radical (unpaired) electrons. The summed E-state index contributed by atoms with van der Waals surface area (Å²) in [5.41, 5.74) is 0.390. The van der Waals surface area contributed by atoms with E-state index >= 15 is 0 Å². The second-order valence-corrected chi connectivity index (χ2v) is 9.50. The molecule has 160 valence electrons. The SMILES string of the molecule is COCC1(CNC(=O)c2ccc(S(=O)(=O)N(C)C(C)C)cc2)CCNCC1.Cl. The molecule has 7 nitrogen and oxygen atoms in total. The number of amides is 1. The Morgan fingerprint density at radius 2 is 1.82 bits per heavy atom. The Hall–Kier alpha value is -1.19. The van der Waals surface area contributed by atoms with E-state index in [9.17, 15) is 13.2 Å². The second kappa shape index (κ2) is 10.5. The zero-order chi connectivity index (χ0) is 20.1. The molecule has 1 aliphatic rings. The Balaban J connectivity index is 0.00000392. The van der Waals surface area contributed by atoms with Gasteiger partial charge in [0.25, 0.3) is 5.91 Å². The number of nitrogens with zero attached hydrogens (tertiary/aromatic N) is 1. The van der Waals surface area contributed by atoms with Crippen LogP contribution in [0.4, 0.5) is 0 Å². The number of rotatable bonds is 8. The summed E-state index contributed by atoms with van der Waals surface area (Å²) in [6.45, 7) is 6.60. The zero-order valence-electron chi connectivity index (χ0n) is 17.0. The minimum Gasteiger partial charge on any atom is -0.384 e. The molecule has 1 aromatic rings. The lowest BCUT2D eigenvalue weighted by atomic mass is 9.79. The fourth-order valence-corrected chi connectivity index (χ4v) is 4.60. The van der Waals surface area contributed by atoms with Gasteiger partial charge in [0.2, 0.25) is 10.0 Å². The Morgan fingerprint density at radius 1 is 1.25 bits per heavy atom. The van der Waals surface area contributed by atoms with Crippen molar-refractivity contribution in [3.63, 3.8) is 0 Å². The number of carbonyl (C=O) groups excluding carboxylic acids is 1. The number of methoxy groups -OCH3 is 1. The van der Waals surface area contributed by atoms with Gasteiger partial charge in [0.05, 0.1) is 11.5 Å². The highest BCUT2D eigenvalue weighted by atomic mass is 35.5. The number of hydrogen-bond donors (Lipinski definition) is 2.